The second-order valence-electron chi connectivity index (χ2n) is 2.77. The van der Waals surface area contributed by atoms with Gasteiger partial charge in [0.05, 0.1) is 4.88 Å². The zero-order valence-electron chi connectivity index (χ0n) is 7.04. The Hall–Kier alpha value is -1.40. The molecule has 0 fully saturated rings. The van der Waals surface area contributed by atoms with E-state index in [0.29, 0.717) is 5.82 Å². The average molecular weight is 222 g/mol. The van der Waals surface area contributed by atoms with Gasteiger partial charge in [0, 0.05) is 5.38 Å². The van der Waals surface area contributed by atoms with E-state index < -0.39 is 0 Å². The smallest absolute Gasteiger partial charge is 0.214 e. The number of nitrogens with two attached hydrogens (primary N) is 1. The molecule has 3 aromatic heterocycles. The van der Waals surface area contributed by atoms with Gasteiger partial charge in [-0.3, -0.25) is 0 Å². The third-order valence-electron chi connectivity index (χ3n) is 1.85. The van der Waals surface area contributed by atoms with Crippen LogP contribution in [-0.4, -0.2) is 14.6 Å². The summed E-state index contributed by atoms with van der Waals surface area (Å²) in [4.78, 5) is 6.29. The molecule has 0 saturated carbocycles. The van der Waals surface area contributed by atoms with Crippen LogP contribution in [-0.2, 0) is 0 Å². The highest BCUT2D eigenvalue weighted by Gasteiger charge is 2.09. The Balaban J connectivity index is 2.24. The normalized spacial score (nSPS) is 11.1. The lowest BCUT2D eigenvalue weighted by Crippen LogP contribution is -1.92. The maximum absolute atomic E-state index is 5.72. The molecule has 3 heterocycles. The molecule has 14 heavy (non-hydrogen) atoms. The summed E-state index contributed by atoms with van der Waals surface area (Å²) in [7, 11) is 0. The first-order valence-electron chi connectivity index (χ1n) is 3.98. The van der Waals surface area contributed by atoms with E-state index in [4.69, 9.17) is 5.73 Å². The Morgan fingerprint density at radius 1 is 1.36 bits per heavy atom. The van der Waals surface area contributed by atoms with E-state index in [9.17, 15) is 0 Å². The van der Waals surface area contributed by atoms with Crippen molar-refractivity contribution in [3.63, 3.8) is 0 Å². The van der Waals surface area contributed by atoms with Crippen LogP contribution in [0.25, 0.3) is 15.7 Å². The molecule has 3 aromatic rings. The first kappa shape index (κ1) is 7.95. The van der Waals surface area contributed by atoms with Crippen LogP contribution in [0.5, 0.6) is 0 Å². The van der Waals surface area contributed by atoms with E-state index in [1.54, 1.807) is 15.9 Å². The van der Waals surface area contributed by atoms with Crippen LogP contribution < -0.4 is 5.73 Å². The highest BCUT2D eigenvalue weighted by molar-refractivity contribution is 7.15. The maximum Gasteiger partial charge on any atom is 0.214 e. The molecule has 0 atom stereocenters. The molecular weight excluding hydrogens is 216 g/mol. The molecule has 0 bridgehead atoms. The molecule has 0 aliphatic carbocycles. The van der Waals surface area contributed by atoms with Crippen molar-refractivity contribution in [3.05, 3.63) is 22.9 Å². The van der Waals surface area contributed by atoms with E-state index in [2.05, 4.69) is 10.1 Å². The summed E-state index contributed by atoms with van der Waals surface area (Å²) >= 11 is 3.13. The molecule has 70 valence electrons. The topological polar surface area (TPSA) is 56.2 Å². The average Bonchev–Trinajstić information content (AvgIpc) is 2.83. The molecule has 0 unspecified atom stereocenters. The Labute approximate surface area is 87.6 Å². The van der Waals surface area contributed by atoms with Crippen molar-refractivity contribution < 1.29 is 0 Å². The Morgan fingerprint density at radius 3 is 3.00 bits per heavy atom. The van der Waals surface area contributed by atoms with Crippen molar-refractivity contribution in [2.75, 3.05) is 5.73 Å². The van der Waals surface area contributed by atoms with Gasteiger partial charge in [0.2, 0.25) is 4.96 Å². The Morgan fingerprint density at radius 2 is 2.29 bits per heavy atom. The fourth-order valence-corrected chi connectivity index (χ4v) is 2.58. The minimum atomic E-state index is 0.639. The quantitative estimate of drug-likeness (QED) is 0.686. The van der Waals surface area contributed by atoms with Crippen molar-refractivity contribution in [2.24, 2.45) is 0 Å². The Bertz CT molecular complexity index is 563. The Kier molecular flexibility index (Phi) is 1.59. The van der Waals surface area contributed by atoms with Gasteiger partial charge in [0.15, 0.2) is 5.82 Å². The van der Waals surface area contributed by atoms with Gasteiger partial charge in [-0.25, -0.2) is 0 Å². The first-order valence-corrected chi connectivity index (χ1v) is 5.74. The van der Waals surface area contributed by atoms with Crippen molar-refractivity contribution in [3.8, 4) is 10.7 Å². The molecule has 0 aliphatic heterocycles. The molecule has 0 saturated heterocycles. The van der Waals surface area contributed by atoms with Crippen molar-refractivity contribution in [2.45, 2.75) is 0 Å². The number of nitrogens with zero attached hydrogens (tertiary/aromatic N) is 3. The number of thiazole rings is 1. The molecule has 4 nitrogen and oxygen atoms in total. The summed E-state index contributed by atoms with van der Waals surface area (Å²) in [5, 5.41) is 8.16. The fourth-order valence-electron chi connectivity index (χ4n) is 1.22. The lowest BCUT2D eigenvalue weighted by molar-refractivity contribution is 0.995. The summed E-state index contributed by atoms with van der Waals surface area (Å²) in [6.45, 7) is 0. The number of anilines is 1. The minimum Gasteiger partial charge on any atom is -0.383 e. The number of hydrogen-bond donors (Lipinski definition) is 1. The lowest BCUT2D eigenvalue weighted by atomic mass is 10.4. The third-order valence-corrected chi connectivity index (χ3v) is 3.55. The summed E-state index contributed by atoms with van der Waals surface area (Å²) in [5.74, 6) is 1.39. The van der Waals surface area contributed by atoms with Crippen LogP contribution >= 0.6 is 22.7 Å². The summed E-state index contributed by atoms with van der Waals surface area (Å²) in [6.07, 6.45) is 0. The zero-order valence-corrected chi connectivity index (χ0v) is 8.68. The number of nitrogen functional groups attached to an aromatic ring is 1. The minimum absolute atomic E-state index is 0.639. The molecule has 0 spiro atoms. The van der Waals surface area contributed by atoms with Gasteiger partial charge in [-0.2, -0.15) is 9.50 Å². The number of aromatic nitrogens is 3. The van der Waals surface area contributed by atoms with Gasteiger partial charge in [0.1, 0.15) is 5.82 Å². The monoisotopic (exact) mass is 222 g/mol. The first-order chi connectivity index (χ1) is 6.84. The lowest BCUT2D eigenvalue weighted by Gasteiger charge is -1.86. The van der Waals surface area contributed by atoms with Gasteiger partial charge >= 0.3 is 0 Å². The van der Waals surface area contributed by atoms with Gasteiger partial charge in [-0.15, -0.1) is 27.8 Å². The van der Waals surface area contributed by atoms with Gasteiger partial charge < -0.3 is 5.73 Å². The van der Waals surface area contributed by atoms with Crippen molar-refractivity contribution in [1.29, 1.82) is 0 Å². The molecule has 0 aromatic carbocycles. The van der Waals surface area contributed by atoms with Gasteiger partial charge in [-0.1, -0.05) is 6.07 Å². The van der Waals surface area contributed by atoms with E-state index in [1.807, 2.05) is 22.9 Å². The van der Waals surface area contributed by atoms with Crippen molar-refractivity contribution in [1.82, 2.24) is 14.6 Å². The third kappa shape index (κ3) is 1.04. The second-order valence-corrected chi connectivity index (χ2v) is 4.55. The molecule has 3 rings (SSSR count). The van der Waals surface area contributed by atoms with Crippen LogP contribution in [0, 0.1) is 0 Å². The molecule has 2 N–H and O–H groups in total. The predicted octanol–water partition coefficient (Wildman–Crippen LogP) is 2.10. The molecule has 0 aliphatic rings. The number of thiophene rings is 1. The zero-order chi connectivity index (χ0) is 9.54. The van der Waals surface area contributed by atoms with Gasteiger partial charge in [-0.05, 0) is 11.4 Å². The van der Waals surface area contributed by atoms with Crippen LogP contribution in [0.3, 0.4) is 0 Å². The molecule has 0 radical (unpaired) electrons. The number of rotatable bonds is 1. The summed E-state index contributed by atoms with van der Waals surface area (Å²) in [5.41, 5.74) is 5.72. The van der Waals surface area contributed by atoms with E-state index in [-0.39, 0.29) is 0 Å². The predicted molar refractivity (Wildman–Crippen MR) is 58.6 cm³/mol. The SMILES string of the molecule is Nc1csc2nc(-c3cccs3)nn12. The molecule has 0 amide bonds. The number of hydrogen-bond acceptors (Lipinski definition) is 5. The standard InChI is InChI=1S/C8H6N4S2/c9-6-4-14-8-10-7(11-12(6)8)5-2-1-3-13-5/h1-4H,9H2. The summed E-state index contributed by atoms with van der Waals surface area (Å²) < 4.78 is 1.67. The van der Waals surface area contributed by atoms with E-state index >= 15 is 0 Å². The van der Waals surface area contributed by atoms with Crippen LogP contribution in [0.15, 0.2) is 22.9 Å². The largest absolute Gasteiger partial charge is 0.383 e. The van der Waals surface area contributed by atoms with Crippen LogP contribution in [0.2, 0.25) is 0 Å². The van der Waals surface area contributed by atoms with Crippen molar-refractivity contribution >= 4 is 33.5 Å². The van der Waals surface area contributed by atoms with Gasteiger partial charge in [0.25, 0.3) is 0 Å². The van der Waals surface area contributed by atoms with E-state index in [0.717, 1.165) is 15.7 Å². The summed E-state index contributed by atoms with van der Waals surface area (Å²) in [6, 6.07) is 3.98. The number of fused-ring (bicyclic) bond motifs is 1. The second kappa shape index (κ2) is 2.79. The molecular formula is C8H6N4S2. The highest BCUT2D eigenvalue weighted by atomic mass is 32.1. The van der Waals surface area contributed by atoms with Crippen LogP contribution in [0.4, 0.5) is 5.82 Å². The van der Waals surface area contributed by atoms with Crippen LogP contribution in [0.1, 0.15) is 0 Å². The fraction of sp³-hybridized carbons (Fsp3) is 0. The molecule has 6 heteroatoms. The van der Waals surface area contributed by atoms with E-state index in [1.165, 1.54) is 11.3 Å². The highest BCUT2D eigenvalue weighted by Crippen LogP contribution is 2.24. The maximum atomic E-state index is 5.72.